The molecule has 2 aromatic heterocycles. The van der Waals surface area contributed by atoms with E-state index in [1.54, 1.807) is 19.9 Å². The molecule has 0 saturated carbocycles. The van der Waals surface area contributed by atoms with Crippen LogP contribution in [0, 0.1) is 13.8 Å². The van der Waals surface area contributed by atoms with Gasteiger partial charge in [0.1, 0.15) is 11.0 Å². The number of nitrogens with zero attached hydrogens (tertiary/aromatic N) is 2. The van der Waals surface area contributed by atoms with E-state index in [1.165, 1.54) is 24.3 Å². The van der Waals surface area contributed by atoms with Gasteiger partial charge in [0, 0.05) is 23.3 Å². The topological polar surface area (TPSA) is 52.1 Å². The van der Waals surface area contributed by atoms with E-state index in [2.05, 4.69) is 9.97 Å². The zero-order valence-corrected chi connectivity index (χ0v) is 24.7. The van der Waals surface area contributed by atoms with Crippen LogP contribution in [0.2, 0.25) is 0 Å². The fourth-order valence-electron chi connectivity index (χ4n) is 6.77. The van der Waals surface area contributed by atoms with Gasteiger partial charge in [0.15, 0.2) is 17.1 Å². The Hall–Kier alpha value is -5.38. The van der Waals surface area contributed by atoms with Crippen LogP contribution in [-0.4, -0.2) is 22.3 Å². The lowest BCUT2D eigenvalue weighted by molar-refractivity contribution is -0.288. The van der Waals surface area contributed by atoms with Gasteiger partial charge in [-0.1, -0.05) is 78.4 Å². The fourth-order valence-corrected chi connectivity index (χ4v) is 6.77. The van der Waals surface area contributed by atoms with E-state index in [-0.39, 0.29) is 11.5 Å². The summed E-state index contributed by atoms with van der Waals surface area (Å²) in [5, 5.41) is 5.19. The first-order valence-electron chi connectivity index (χ1n) is 14.6. The summed E-state index contributed by atoms with van der Waals surface area (Å²) in [5.74, 6) is 0.601. The summed E-state index contributed by atoms with van der Waals surface area (Å²) >= 11 is 0. The van der Waals surface area contributed by atoms with E-state index in [0.717, 1.165) is 62.1 Å². The second-order valence-corrected chi connectivity index (χ2v) is 11.7. The second-order valence-electron chi connectivity index (χ2n) is 11.7. The maximum Gasteiger partial charge on any atom is 0.411 e. The zero-order valence-electron chi connectivity index (χ0n) is 24.7. The van der Waals surface area contributed by atoms with Crippen LogP contribution in [0.4, 0.5) is 26.3 Å². The molecule has 234 valence electrons. The molecule has 0 bridgehead atoms. The van der Waals surface area contributed by atoms with Crippen molar-refractivity contribution < 1.29 is 35.2 Å². The van der Waals surface area contributed by atoms with Gasteiger partial charge in [0.25, 0.3) is 0 Å². The molecule has 0 unspecified atom stereocenters. The van der Waals surface area contributed by atoms with Crippen molar-refractivity contribution >= 4 is 54.5 Å². The summed E-state index contributed by atoms with van der Waals surface area (Å²) < 4.78 is 100. The van der Waals surface area contributed by atoms with Gasteiger partial charge in [-0.3, -0.25) is 0 Å². The van der Waals surface area contributed by atoms with Crippen LogP contribution in [0.25, 0.3) is 66.0 Å². The lowest BCUT2D eigenvalue weighted by Gasteiger charge is -2.38. The summed E-state index contributed by atoms with van der Waals surface area (Å²) in [4.78, 5) is 9.08. The molecule has 0 radical (unpaired) electrons. The van der Waals surface area contributed by atoms with Crippen LogP contribution in [0.15, 0.2) is 106 Å². The fraction of sp³-hybridized carbons (Fsp3) is 0.135. The van der Waals surface area contributed by atoms with Gasteiger partial charge in [-0.15, -0.1) is 0 Å². The maximum atomic E-state index is 14.6. The number of rotatable bonds is 3. The molecule has 2 heterocycles. The van der Waals surface area contributed by atoms with Crippen molar-refractivity contribution in [3.8, 4) is 11.5 Å². The molecule has 0 spiro atoms. The average Bonchev–Trinajstić information content (AvgIpc) is 3.64. The van der Waals surface area contributed by atoms with Crippen LogP contribution in [0.5, 0.6) is 0 Å². The Labute approximate surface area is 262 Å². The second kappa shape index (κ2) is 9.81. The quantitative estimate of drug-likeness (QED) is 0.142. The van der Waals surface area contributed by atoms with E-state index < -0.39 is 28.9 Å². The van der Waals surface area contributed by atoms with E-state index in [9.17, 15) is 26.3 Å². The van der Waals surface area contributed by atoms with Crippen LogP contribution in [-0.2, 0) is 5.41 Å². The molecule has 4 nitrogen and oxygen atoms in total. The number of fused-ring (bicyclic) bond motifs is 10. The van der Waals surface area contributed by atoms with Gasteiger partial charge in [-0.25, -0.2) is 9.97 Å². The zero-order chi connectivity index (χ0) is 32.9. The average molecular weight is 641 g/mol. The minimum atomic E-state index is -5.68. The molecule has 0 aliphatic carbocycles. The minimum absolute atomic E-state index is 0.0597. The van der Waals surface area contributed by atoms with E-state index in [4.69, 9.17) is 8.83 Å². The molecule has 8 rings (SSSR count). The third kappa shape index (κ3) is 4.10. The van der Waals surface area contributed by atoms with E-state index in [1.807, 2.05) is 42.5 Å². The standard InChI is InChI=1S/C37H22F6N2O2/c1-19-7-11-22(12-8-19)35(36(38,39)40,37(41,42)43)23-13-9-21(10-14-23)34-45-29-18-16-27-26-15-17-28-32(46-20(2)44-28)30(26)24-5-3-4-6-25(24)31(27)33(29)47-34/h3-18H,1-2H3. The van der Waals surface area contributed by atoms with Crippen molar-refractivity contribution in [2.75, 3.05) is 0 Å². The van der Waals surface area contributed by atoms with Gasteiger partial charge in [0.2, 0.25) is 11.3 Å². The Balaban J connectivity index is 1.33. The highest BCUT2D eigenvalue weighted by atomic mass is 19.4. The Morgan fingerprint density at radius 2 is 0.979 bits per heavy atom. The van der Waals surface area contributed by atoms with Crippen LogP contribution in [0.3, 0.4) is 0 Å². The summed E-state index contributed by atoms with van der Waals surface area (Å²) in [6.07, 6.45) is -11.4. The lowest BCUT2D eigenvalue weighted by atomic mass is 9.72. The van der Waals surface area contributed by atoms with Crippen LogP contribution in [0.1, 0.15) is 22.6 Å². The number of aromatic nitrogens is 2. The number of halogens is 6. The Morgan fingerprint density at radius 3 is 1.51 bits per heavy atom. The summed E-state index contributed by atoms with van der Waals surface area (Å²) in [7, 11) is 0. The minimum Gasteiger partial charge on any atom is -0.440 e. The number of hydrogen-bond donors (Lipinski definition) is 0. The van der Waals surface area contributed by atoms with Gasteiger partial charge in [-0.05, 0) is 63.9 Å². The molecule has 0 atom stereocenters. The number of oxazole rings is 2. The smallest absolute Gasteiger partial charge is 0.411 e. The van der Waals surface area contributed by atoms with Crippen LogP contribution >= 0.6 is 0 Å². The van der Waals surface area contributed by atoms with Crippen molar-refractivity contribution in [2.24, 2.45) is 0 Å². The lowest BCUT2D eigenvalue weighted by Crippen LogP contribution is -2.54. The monoisotopic (exact) mass is 640 g/mol. The molecule has 0 amide bonds. The number of hydrogen-bond acceptors (Lipinski definition) is 4. The van der Waals surface area contributed by atoms with Crippen molar-refractivity contribution in [1.82, 2.24) is 9.97 Å². The van der Waals surface area contributed by atoms with E-state index in [0.29, 0.717) is 28.1 Å². The summed E-state index contributed by atoms with van der Waals surface area (Å²) in [6, 6.07) is 23.6. The van der Waals surface area contributed by atoms with Crippen molar-refractivity contribution in [3.05, 3.63) is 120 Å². The van der Waals surface area contributed by atoms with Gasteiger partial charge < -0.3 is 8.83 Å². The van der Waals surface area contributed by atoms with Crippen LogP contribution < -0.4 is 0 Å². The summed E-state index contributed by atoms with van der Waals surface area (Å²) in [6.45, 7) is 3.38. The molecule has 0 saturated heterocycles. The molecular weight excluding hydrogens is 618 g/mol. The Bertz CT molecular complexity index is 2470. The molecule has 6 aromatic carbocycles. The van der Waals surface area contributed by atoms with Gasteiger partial charge in [0.05, 0.1) is 0 Å². The highest BCUT2D eigenvalue weighted by molar-refractivity contribution is 6.33. The largest absolute Gasteiger partial charge is 0.440 e. The van der Waals surface area contributed by atoms with Crippen molar-refractivity contribution in [3.63, 3.8) is 0 Å². The molecule has 8 aromatic rings. The first-order chi connectivity index (χ1) is 22.4. The number of aryl methyl sites for hydroxylation is 2. The Morgan fingerprint density at radius 1 is 0.511 bits per heavy atom. The number of benzene rings is 6. The van der Waals surface area contributed by atoms with Gasteiger partial charge >= 0.3 is 12.4 Å². The molecular formula is C37H22F6N2O2. The summed E-state index contributed by atoms with van der Waals surface area (Å²) in [5.41, 5.74) is -3.04. The first-order valence-corrected chi connectivity index (χ1v) is 14.6. The van der Waals surface area contributed by atoms with Crippen molar-refractivity contribution in [1.29, 1.82) is 0 Å². The van der Waals surface area contributed by atoms with E-state index >= 15 is 0 Å². The third-order valence-corrected chi connectivity index (χ3v) is 8.88. The molecule has 0 aliphatic heterocycles. The number of alkyl halides is 6. The third-order valence-electron chi connectivity index (χ3n) is 8.88. The highest BCUT2D eigenvalue weighted by Gasteiger charge is 2.72. The normalized spacial score (nSPS) is 13.1. The molecule has 47 heavy (non-hydrogen) atoms. The SMILES string of the molecule is Cc1ccc(C(c2ccc(-c3nc4ccc5c6ccc7nc(C)oc7c6c6ccccc6c5c4o3)cc2)(C(F)(F)F)C(F)(F)F)cc1. The molecule has 0 N–H and O–H groups in total. The van der Waals surface area contributed by atoms with Crippen molar-refractivity contribution in [2.45, 2.75) is 31.6 Å². The highest BCUT2D eigenvalue weighted by Crippen LogP contribution is 2.56. The molecule has 10 heteroatoms. The predicted molar refractivity (Wildman–Crippen MR) is 168 cm³/mol. The molecule has 0 fully saturated rings. The Kier molecular flexibility index (Phi) is 6.06. The van der Waals surface area contributed by atoms with Gasteiger partial charge in [-0.2, -0.15) is 26.3 Å². The first kappa shape index (κ1) is 29.1. The molecule has 0 aliphatic rings. The maximum absolute atomic E-state index is 14.6. The predicted octanol–water partition coefficient (Wildman–Crippen LogP) is 11.1.